The third-order valence-electron chi connectivity index (χ3n) is 3.84. The molecular weight excluding hydrogens is 358 g/mol. The second-order valence-corrected chi connectivity index (χ2v) is 11.5. The molecular formula is C16H25N3O6Si. The summed E-state index contributed by atoms with van der Waals surface area (Å²) in [5.74, 6) is -4.14. The van der Waals surface area contributed by atoms with Gasteiger partial charge in [-0.25, -0.2) is 4.79 Å². The number of Topliss-reactive ketones (excluding diaryl/α,β-unsaturated/α-hetero) is 1. The average Bonchev–Trinajstić information content (AvgIpc) is 2.50. The second kappa shape index (κ2) is 8.99. The molecule has 1 rings (SSSR count). The molecule has 1 saturated heterocycles. The Labute approximate surface area is 153 Å². The van der Waals surface area contributed by atoms with E-state index in [1.807, 2.05) is 19.6 Å². The molecule has 4 atom stereocenters. The molecule has 0 aromatic carbocycles. The number of carbonyl (C=O) groups excluding carboxylic acids is 3. The van der Waals surface area contributed by atoms with Crippen LogP contribution in [0.1, 0.15) is 6.92 Å². The molecule has 0 bridgehead atoms. The summed E-state index contributed by atoms with van der Waals surface area (Å²) < 4.78 is 10.5. The van der Waals surface area contributed by atoms with Crippen molar-refractivity contribution < 1.29 is 33.4 Å². The Balaban J connectivity index is 3.08. The number of nitrogens with zero attached hydrogens (tertiary/aromatic N) is 2. The van der Waals surface area contributed by atoms with Gasteiger partial charge in [0.15, 0.2) is 8.32 Å². The minimum atomic E-state index is -2.02. The Bertz CT molecular complexity index is 636. The molecule has 1 aliphatic rings. The lowest BCUT2D eigenvalue weighted by atomic mass is 9.76. The van der Waals surface area contributed by atoms with Crippen LogP contribution in [0.3, 0.4) is 0 Å². The third kappa shape index (κ3) is 5.43. The van der Waals surface area contributed by atoms with Crippen LogP contribution in [0.25, 0.3) is 5.53 Å². The van der Waals surface area contributed by atoms with Gasteiger partial charge in [0, 0.05) is 6.61 Å². The lowest BCUT2D eigenvalue weighted by Crippen LogP contribution is -2.67. The number of nitrogens with one attached hydrogen (secondary N) is 1. The van der Waals surface area contributed by atoms with Crippen molar-refractivity contribution in [3.63, 3.8) is 0 Å². The molecule has 1 fully saturated rings. The molecule has 1 amide bonds. The van der Waals surface area contributed by atoms with Gasteiger partial charge in [-0.1, -0.05) is 12.7 Å². The minimum Gasteiger partial charge on any atom is -0.453 e. The quantitative estimate of drug-likeness (QED) is 0.0791. The molecule has 0 radical (unpaired) electrons. The molecule has 9 nitrogen and oxygen atoms in total. The second-order valence-electron chi connectivity index (χ2n) is 7.03. The van der Waals surface area contributed by atoms with Crippen LogP contribution in [-0.2, 0) is 23.5 Å². The highest BCUT2D eigenvalue weighted by molar-refractivity contribution is 6.69. The number of amides is 1. The van der Waals surface area contributed by atoms with E-state index in [0.717, 1.165) is 0 Å². The Morgan fingerprint density at radius 1 is 1.46 bits per heavy atom. The number of aliphatic hydroxyl groups excluding tert-OH is 1. The molecule has 2 N–H and O–H groups in total. The molecule has 0 aromatic heterocycles. The maximum absolute atomic E-state index is 12.8. The van der Waals surface area contributed by atoms with Crippen LogP contribution >= 0.6 is 0 Å². The van der Waals surface area contributed by atoms with Gasteiger partial charge in [0.1, 0.15) is 6.61 Å². The van der Waals surface area contributed by atoms with E-state index in [9.17, 15) is 19.5 Å². The van der Waals surface area contributed by atoms with Gasteiger partial charge in [-0.2, -0.15) is 4.79 Å². The molecule has 0 spiro atoms. The fourth-order valence-electron chi connectivity index (χ4n) is 2.54. The number of β-lactam (4-membered cyclic amide) rings is 1. The summed E-state index contributed by atoms with van der Waals surface area (Å²) in [6.07, 6.45) is 0.317. The van der Waals surface area contributed by atoms with Gasteiger partial charge in [0.05, 0.1) is 24.0 Å². The van der Waals surface area contributed by atoms with Crippen LogP contribution in [-0.4, -0.2) is 66.9 Å². The summed E-state index contributed by atoms with van der Waals surface area (Å²) in [4.78, 5) is 39.2. The van der Waals surface area contributed by atoms with E-state index in [1.165, 1.54) is 13.0 Å². The van der Waals surface area contributed by atoms with Gasteiger partial charge < -0.3 is 25.1 Å². The number of ether oxygens (including phenoxy) is 1. The molecule has 0 saturated carbocycles. The fraction of sp³-hybridized carbons (Fsp3) is 0.625. The Morgan fingerprint density at radius 3 is 2.50 bits per heavy atom. The Hall–Kier alpha value is -2.13. The van der Waals surface area contributed by atoms with Crippen LogP contribution in [0, 0.1) is 11.8 Å². The number of esters is 1. The SMILES string of the molecule is C=CCOC(=O)C(=[N+]=[N-])C(=O)[C@H](CO[Si](C)(C)C)[C@H]1NC(=O)[C@@H]1[C@@H](C)O. The smallest absolute Gasteiger partial charge is 0.441 e. The molecule has 10 heteroatoms. The van der Waals surface area contributed by atoms with Crippen LogP contribution in [0.4, 0.5) is 0 Å². The number of rotatable bonds is 10. The maximum Gasteiger partial charge on any atom is 0.441 e. The molecule has 26 heavy (non-hydrogen) atoms. The monoisotopic (exact) mass is 383 g/mol. The van der Waals surface area contributed by atoms with E-state index in [0.29, 0.717) is 0 Å². The molecule has 0 unspecified atom stereocenters. The summed E-state index contributed by atoms with van der Waals surface area (Å²) in [6, 6.07) is -0.740. The summed E-state index contributed by atoms with van der Waals surface area (Å²) in [7, 11) is -2.02. The van der Waals surface area contributed by atoms with Gasteiger partial charge in [0.25, 0.3) is 5.78 Å². The summed E-state index contributed by atoms with van der Waals surface area (Å²) >= 11 is 0. The lowest BCUT2D eigenvalue weighted by molar-refractivity contribution is -0.147. The zero-order chi connectivity index (χ0) is 20.1. The van der Waals surface area contributed by atoms with Gasteiger partial charge in [-0.05, 0) is 26.6 Å². The van der Waals surface area contributed by atoms with E-state index >= 15 is 0 Å². The number of hydrogen-bond donors (Lipinski definition) is 2. The van der Waals surface area contributed by atoms with Crippen molar-refractivity contribution in [1.82, 2.24) is 5.32 Å². The first-order valence-corrected chi connectivity index (χ1v) is 11.6. The summed E-state index contributed by atoms with van der Waals surface area (Å²) in [5, 5.41) is 12.4. The van der Waals surface area contributed by atoms with Crippen LogP contribution in [0.5, 0.6) is 0 Å². The van der Waals surface area contributed by atoms with Gasteiger partial charge >= 0.3 is 11.7 Å². The van der Waals surface area contributed by atoms with Crippen molar-refractivity contribution in [3.8, 4) is 0 Å². The van der Waals surface area contributed by atoms with E-state index < -0.39 is 55.7 Å². The molecule has 1 aliphatic heterocycles. The maximum atomic E-state index is 12.8. The number of carbonyl (C=O) groups is 3. The largest absolute Gasteiger partial charge is 0.453 e. The van der Waals surface area contributed by atoms with Crippen molar-refractivity contribution in [1.29, 1.82) is 0 Å². The Kier molecular flexibility index (Phi) is 7.58. The summed E-state index contributed by atoms with van der Waals surface area (Å²) in [5.41, 5.74) is 8.32. The van der Waals surface area contributed by atoms with E-state index in [-0.39, 0.29) is 13.2 Å². The van der Waals surface area contributed by atoms with Crippen LogP contribution in [0.15, 0.2) is 12.7 Å². The number of aliphatic hydroxyl groups is 1. The highest BCUT2D eigenvalue weighted by Gasteiger charge is 2.52. The first kappa shape index (κ1) is 21.9. The zero-order valence-corrected chi connectivity index (χ0v) is 16.4. The standard InChI is InChI=1S/C16H25N3O6Si/c1-6-7-24-16(23)13(19-17)14(21)10(8-25-26(3,4)5)12-11(9(2)20)15(22)18-12/h6,9-12,20H,1,7-8H2,2-5H3,(H,18,22)/t9-,10-,11-,12-/m1/s1. The molecule has 0 aromatic rings. The topological polar surface area (TPSA) is 138 Å². The van der Waals surface area contributed by atoms with Gasteiger partial charge in [-0.15, -0.1) is 0 Å². The first-order chi connectivity index (χ1) is 12.0. The number of ketones is 1. The first-order valence-electron chi connectivity index (χ1n) is 8.20. The van der Waals surface area contributed by atoms with Crippen molar-refractivity contribution in [3.05, 3.63) is 18.2 Å². The lowest BCUT2D eigenvalue weighted by Gasteiger charge is -2.42. The van der Waals surface area contributed by atoms with E-state index in [4.69, 9.17) is 14.7 Å². The number of hydrogen-bond acceptors (Lipinski definition) is 6. The fourth-order valence-corrected chi connectivity index (χ4v) is 3.22. The van der Waals surface area contributed by atoms with Gasteiger partial charge in [0.2, 0.25) is 5.91 Å². The average molecular weight is 383 g/mol. The molecule has 0 aliphatic carbocycles. The summed E-state index contributed by atoms with van der Waals surface area (Å²) in [6.45, 7) is 10.3. The van der Waals surface area contributed by atoms with E-state index in [2.05, 4.69) is 16.7 Å². The minimum absolute atomic E-state index is 0.0868. The van der Waals surface area contributed by atoms with Gasteiger partial charge in [-0.3, -0.25) is 9.59 Å². The normalized spacial score (nSPS) is 21.5. The zero-order valence-electron chi connectivity index (χ0n) is 15.4. The van der Waals surface area contributed by atoms with Crippen LogP contribution in [0.2, 0.25) is 19.6 Å². The highest BCUT2D eigenvalue weighted by atomic mass is 28.4. The predicted molar refractivity (Wildman–Crippen MR) is 94.7 cm³/mol. The third-order valence-corrected chi connectivity index (χ3v) is 4.88. The molecule has 1 heterocycles. The Morgan fingerprint density at radius 2 is 2.08 bits per heavy atom. The van der Waals surface area contributed by atoms with E-state index in [1.54, 1.807) is 0 Å². The van der Waals surface area contributed by atoms with Crippen molar-refractivity contribution >= 4 is 31.7 Å². The van der Waals surface area contributed by atoms with Crippen molar-refractivity contribution in [2.24, 2.45) is 11.8 Å². The highest BCUT2D eigenvalue weighted by Crippen LogP contribution is 2.27. The van der Waals surface area contributed by atoms with Crippen molar-refractivity contribution in [2.75, 3.05) is 13.2 Å². The van der Waals surface area contributed by atoms with Crippen molar-refractivity contribution in [2.45, 2.75) is 38.7 Å². The molecule has 144 valence electrons. The van der Waals surface area contributed by atoms with Crippen LogP contribution < -0.4 is 5.32 Å². The predicted octanol–water partition coefficient (Wildman–Crippen LogP) is -0.0814.